The molecule has 0 atom stereocenters. The summed E-state index contributed by atoms with van der Waals surface area (Å²) in [4.78, 5) is 4.37. The van der Waals surface area contributed by atoms with Gasteiger partial charge in [0.1, 0.15) is 5.82 Å². The molecule has 3 nitrogen and oxygen atoms in total. The molecular formula is C17H21N3. The number of pyridine rings is 1. The molecule has 3 heteroatoms. The van der Waals surface area contributed by atoms with Gasteiger partial charge in [-0.1, -0.05) is 37.6 Å². The lowest BCUT2D eigenvalue weighted by Gasteiger charge is -2.13. The average Bonchev–Trinajstić information content (AvgIpc) is 2.44. The van der Waals surface area contributed by atoms with E-state index in [0.717, 1.165) is 29.1 Å². The van der Waals surface area contributed by atoms with Gasteiger partial charge in [0.15, 0.2) is 0 Å². The van der Waals surface area contributed by atoms with E-state index in [1.54, 1.807) is 6.20 Å². The van der Waals surface area contributed by atoms with Crippen molar-refractivity contribution in [3.8, 4) is 0 Å². The lowest BCUT2D eigenvalue weighted by atomic mass is 10.0. The summed E-state index contributed by atoms with van der Waals surface area (Å²) < 4.78 is 0. The number of rotatable bonds is 5. The average molecular weight is 267 g/mol. The summed E-state index contributed by atoms with van der Waals surface area (Å²) in [5.74, 6) is 1.32. The number of aromatic nitrogens is 1. The van der Waals surface area contributed by atoms with E-state index in [-0.39, 0.29) is 0 Å². The number of anilines is 1. The summed E-state index contributed by atoms with van der Waals surface area (Å²) in [5.41, 5.74) is 3.44. The predicted octanol–water partition coefficient (Wildman–Crippen LogP) is 3.87. The minimum atomic E-state index is 0.507. The van der Waals surface area contributed by atoms with E-state index < -0.39 is 0 Å². The molecule has 0 aliphatic heterocycles. The third kappa shape index (κ3) is 3.44. The molecule has 104 valence electrons. The molecule has 1 aromatic carbocycles. The van der Waals surface area contributed by atoms with Crippen LogP contribution in [0.25, 0.3) is 0 Å². The molecule has 0 aliphatic rings. The number of nitrogens with one attached hydrogen (secondary N) is 2. The van der Waals surface area contributed by atoms with E-state index in [1.807, 2.05) is 43.3 Å². The standard InChI is InChI=1S/C17H21N3/c1-12(2)11-20-17-15(8-5-9-19-17)16(18)14-7-4-6-13(3)10-14/h4-10,12,18H,11H2,1-3H3,(H,19,20). The van der Waals surface area contributed by atoms with E-state index >= 15 is 0 Å². The zero-order valence-corrected chi connectivity index (χ0v) is 12.3. The van der Waals surface area contributed by atoms with Crippen molar-refractivity contribution in [3.05, 3.63) is 59.3 Å². The number of hydrogen-bond acceptors (Lipinski definition) is 3. The van der Waals surface area contributed by atoms with E-state index in [4.69, 9.17) is 5.41 Å². The molecule has 1 heterocycles. The molecule has 20 heavy (non-hydrogen) atoms. The highest BCUT2D eigenvalue weighted by Gasteiger charge is 2.11. The van der Waals surface area contributed by atoms with E-state index in [9.17, 15) is 0 Å². The molecule has 1 aromatic heterocycles. The highest BCUT2D eigenvalue weighted by Crippen LogP contribution is 2.17. The first-order valence-electron chi connectivity index (χ1n) is 6.93. The van der Waals surface area contributed by atoms with Crippen molar-refractivity contribution in [2.24, 2.45) is 5.92 Å². The molecule has 0 bridgehead atoms. The highest BCUT2D eigenvalue weighted by molar-refractivity contribution is 6.13. The molecule has 0 amide bonds. The van der Waals surface area contributed by atoms with Gasteiger partial charge in [-0.25, -0.2) is 4.98 Å². The van der Waals surface area contributed by atoms with Crippen molar-refractivity contribution in [1.82, 2.24) is 4.98 Å². The van der Waals surface area contributed by atoms with Gasteiger partial charge in [0.2, 0.25) is 0 Å². The van der Waals surface area contributed by atoms with Crippen LogP contribution in [0.3, 0.4) is 0 Å². The van der Waals surface area contributed by atoms with Gasteiger partial charge < -0.3 is 5.32 Å². The highest BCUT2D eigenvalue weighted by atomic mass is 15.0. The molecule has 0 saturated carbocycles. The molecule has 2 rings (SSSR count). The molecule has 0 saturated heterocycles. The summed E-state index contributed by atoms with van der Waals surface area (Å²) in [6, 6.07) is 11.8. The van der Waals surface area contributed by atoms with Crippen LogP contribution in [0.2, 0.25) is 0 Å². The van der Waals surface area contributed by atoms with E-state index in [2.05, 4.69) is 24.1 Å². The number of aryl methyl sites for hydroxylation is 1. The van der Waals surface area contributed by atoms with Crippen molar-refractivity contribution in [1.29, 1.82) is 5.41 Å². The maximum absolute atomic E-state index is 8.41. The van der Waals surface area contributed by atoms with Gasteiger partial charge >= 0.3 is 0 Å². The Kier molecular flexibility index (Phi) is 4.51. The van der Waals surface area contributed by atoms with Gasteiger partial charge in [0, 0.05) is 23.9 Å². The molecule has 2 N–H and O–H groups in total. The van der Waals surface area contributed by atoms with E-state index in [0.29, 0.717) is 11.6 Å². The predicted molar refractivity (Wildman–Crippen MR) is 84.7 cm³/mol. The Morgan fingerprint density at radius 3 is 2.75 bits per heavy atom. The van der Waals surface area contributed by atoms with Crippen molar-refractivity contribution < 1.29 is 0 Å². The van der Waals surface area contributed by atoms with E-state index in [1.165, 1.54) is 0 Å². The largest absolute Gasteiger partial charge is 0.369 e. The summed E-state index contributed by atoms with van der Waals surface area (Å²) >= 11 is 0. The van der Waals surface area contributed by atoms with Crippen LogP contribution in [-0.4, -0.2) is 17.2 Å². The molecular weight excluding hydrogens is 246 g/mol. The first-order valence-corrected chi connectivity index (χ1v) is 6.93. The van der Waals surface area contributed by atoms with Crippen LogP contribution in [0.1, 0.15) is 30.5 Å². The van der Waals surface area contributed by atoms with Gasteiger partial charge in [0.25, 0.3) is 0 Å². The SMILES string of the molecule is Cc1cccc(C(=N)c2cccnc2NCC(C)C)c1. The topological polar surface area (TPSA) is 48.8 Å². The minimum Gasteiger partial charge on any atom is -0.369 e. The normalized spacial score (nSPS) is 10.6. The Bertz CT molecular complexity index is 603. The molecule has 0 spiro atoms. The Morgan fingerprint density at radius 2 is 2.05 bits per heavy atom. The zero-order chi connectivity index (χ0) is 14.5. The summed E-state index contributed by atoms with van der Waals surface area (Å²) in [5, 5.41) is 11.7. The zero-order valence-electron chi connectivity index (χ0n) is 12.3. The Hall–Kier alpha value is -2.16. The van der Waals surface area contributed by atoms with Crippen LogP contribution in [-0.2, 0) is 0 Å². The first-order chi connectivity index (χ1) is 9.58. The maximum atomic E-state index is 8.41. The Labute approximate surface area is 120 Å². The molecule has 0 aliphatic carbocycles. The number of nitrogens with zero attached hydrogens (tertiary/aromatic N) is 1. The summed E-state index contributed by atoms with van der Waals surface area (Å²) in [6.07, 6.45) is 1.76. The third-order valence-electron chi connectivity index (χ3n) is 3.06. The van der Waals surface area contributed by atoms with Crippen LogP contribution in [0.4, 0.5) is 5.82 Å². The van der Waals surface area contributed by atoms with Gasteiger partial charge in [-0.15, -0.1) is 0 Å². The van der Waals surface area contributed by atoms with Crippen molar-refractivity contribution >= 4 is 11.5 Å². The Morgan fingerprint density at radius 1 is 1.25 bits per heavy atom. The monoisotopic (exact) mass is 267 g/mol. The molecule has 0 fully saturated rings. The maximum Gasteiger partial charge on any atom is 0.135 e. The van der Waals surface area contributed by atoms with Crippen LogP contribution in [0.5, 0.6) is 0 Å². The fraction of sp³-hybridized carbons (Fsp3) is 0.294. The number of hydrogen-bond donors (Lipinski definition) is 2. The van der Waals surface area contributed by atoms with Crippen LogP contribution < -0.4 is 5.32 Å². The van der Waals surface area contributed by atoms with Gasteiger partial charge in [-0.05, 0) is 31.0 Å². The summed E-state index contributed by atoms with van der Waals surface area (Å²) in [7, 11) is 0. The molecule has 0 unspecified atom stereocenters. The van der Waals surface area contributed by atoms with Crippen LogP contribution in [0, 0.1) is 18.3 Å². The fourth-order valence-corrected chi connectivity index (χ4v) is 2.00. The van der Waals surface area contributed by atoms with Crippen molar-refractivity contribution in [2.45, 2.75) is 20.8 Å². The smallest absolute Gasteiger partial charge is 0.135 e. The third-order valence-corrected chi connectivity index (χ3v) is 3.06. The Balaban J connectivity index is 2.30. The molecule has 2 aromatic rings. The first kappa shape index (κ1) is 14.3. The van der Waals surface area contributed by atoms with Crippen LogP contribution in [0.15, 0.2) is 42.6 Å². The second-order valence-corrected chi connectivity index (χ2v) is 5.42. The van der Waals surface area contributed by atoms with Crippen molar-refractivity contribution in [3.63, 3.8) is 0 Å². The lowest BCUT2D eigenvalue weighted by molar-refractivity contribution is 0.687. The van der Waals surface area contributed by atoms with Crippen molar-refractivity contribution in [2.75, 3.05) is 11.9 Å². The molecule has 0 radical (unpaired) electrons. The van der Waals surface area contributed by atoms with Gasteiger partial charge in [-0.2, -0.15) is 0 Å². The summed E-state index contributed by atoms with van der Waals surface area (Å²) in [6.45, 7) is 7.20. The van der Waals surface area contributed by atoms with Gasteiger partial charge in [0.05, 0.1) is 5.71 Å². The second kappa shape index (κ2) is 6.33. The minimum absolute atomic E-state index is 0.507. The van der Waals surface area contributed by atoms with Gasteiger partial charge in [-0.3, -0.25) is 5.41 Å². The second-order valence-electron chi connectivity index (χ2n) is 5.42. The quantitative estimate of drug-likeness (QED) is 0.808. The van der Waals surface area contributed by atoms with Crippen LogP contribution >= 0.6 is 0 Å². The number of benzene rings is 1. The fourth-order valence-electron chi connectivity index (χ4n) is 2.00. The lowest BCUT2D eigenvalue weighted by Crippen LogP contribution is -2.13.